The van der Waals surface area contributed by atoms with Crippen molar-refractivity contribution in [1.29, 1.82) is 0 Å². The van der Waals surface area contributed by atoms with Crippen LogP contribution in [-0.4, -0.2) is 4.57 Å². The lowest BCUT2D eigenvalue weighted by Crippen LogP contribution is -2.32. The Morgan fingerprint density at radius 1 is 0.875 bits per heavy atom. The lowest BCUT2D eigenvalue weighted by molar-refractivity contribution is -0.600. The van der Waals surface area contributed by atoms with E-state index in [2.05, 4.69) is 97.9 Å². The van der Waals surface area contributed by atoms with Crippen molar-refractivity contribution in [3.8, 4) is 5.69 Å². The maximum absolute atomic E-state index is 3.41. The maximum atomic E-state index is 3.41. The highest BCUT2D eigenvalue weighted by molar-refractivity contribution is 5.45. The number of aromatic nitrogens is 2. The Balaban J connectivity index is 2.00. The zero-order valence-corrected chi connectivity index (χ0v) is 15.0. The van der Waals surface area contributed by atoms with Crippen LogP contribution in [-0.2, 0) is 6.54 Å². The Kier molecular flexibility index (Phi) is 4.84. The molecule has 0 radical (unpaired) electrons. The van der Waals surface area contributed by atoms with Gasteiger partial charge in [-0.3, -0.25) is 4.57 Å². The highest BCUT2D eigenvalue weighted by atomic mass is 15.1. The average molecular weight is 318 g/mol. The molecule has 0 bridgehead atoms. The number of benzene rings is 2. The fraction of sp³-hybridized carbons (Fsp3) is 0.318. The Morgan fingerprint density at radius 3 is 2.08 bits per heavy atom. The highest BCUT2D eigenvalue weighted by Gasteiger charge is 2.13. The summed E-state index contributed by atoms with van der Waals surface area (Å²) >= 11 is 0. The van der Waals surface area contributed by atoms with E-state index in [0.29, 0.717) is 11.8 Å². The minimum absolute atomic E-state index is 0.483. The third kappa shape index (κ3) is 3.43. The van der Waals surface area contributed by atoms with Gasteiger partial charge in [-0.2, -0.15) is 0 Å². The van der Waals surface area contributed by atoms with Crippen molar-refractivity contribution < 1.29 is 4.57 Å². The van der Waals surface area contributed by atoms with E-state index in [1.807, 2.05) is 6.20 Å². The Bertz CT molecular complexity index is 772. The van der Waals surface area contributed by atoms with Crippen molar-refractivity contribution in [3.63, 3.8) is 0 Å². The lowest BCUT2D eigenvalue weighted by Gasteiger charge is -2.22. The normalized spacial score (nSPS) is 11.4. The second-order valence-electron chi connectivity index (χ2n) is 7.00. The molecule has 1 aromatic heterocycles. The van der Waals surface area contributed by atoms with Crippen LogP contribution in [0.4, 0.5) is 0 Å². The zero-order chi connectivity index (χ0) is 17.1. The van der Waals surface area contributed by atoms with E-state index in [0.717, 1.165) is 6.54 Å². The van der Waals surface area contributed by atoms with Gasteiger partial charge in [0.15, 0.2) is 0 Å². The lowest BCUT2D eigenvalue weighted by atomic mass is 9.92. The number of imidazole rings is 1. The van der Waals surface area contributed by atoms with Crippen LogP contribution < -0.4 is 4.57 Å². The number of hydrogen-bond acceptors (Lipinski definition) is 0. The van der Waals surface area contributed by atoms with E-state index in [4.69, 9.17) is 0 Å². The second kappa shape index (κ2) is 7.04. The zero-order valence-electron chi connectivity index (χ0n) is 15.0. The molecule has 0 aliphatic carbocycles. The van der Waals surface area contributed by atoms with E-state index >= 15 is 0 Å². The van der Waals surface area contributed by atoms with Crippen LogP contribution in [0.3, 0.4) is 0 Å². The van der Waals surface area contributed by atoms with Crippen molar-refractivity contribution in [3.05, 3.63) is 83.9 Å². The van der Waals surface area contributed by atoms with E-state index < -0.39 is 0 Å². The average Bonchev–Trinajstić information content (AvgIpc) is 3.03. The smallest absolute Gasteiger partial charge is 0.142 e. The predicted octanol–water partition coefficient (Wildman–Crippen LogP) is 4.86. The van der Waals surface area contributed by atoms with Gasteiger partial charge in [0.05, 0.1) is 12.4 Å². The SMILES string of the molecule is CC(C)c1cccc(C(C)C)c1-[n+]1[c-]cn(Cc2ccccc2)c1. The summed E-state index contributed by atoms with van der Waals surface area (Å²) in [5.41, 5.74) is 5.34. The van der Waals surface area contributed by atoms with Crippen LogP contribution in [0.1, 0.15) is 56.2 Å². The molecule has 0 spiro atoms. The molecule has 0 saturated heterocycles. The summed E-state index contributed by atoms with van der Waals surface area (Å²) < 4.78 is 4.35. The number of para-hydroxylation sites is 1. The molecule has 2 heteroatoms. The molecule has 0 amide bonds. The van der Waals surface area contributed by atoms with Gasteiger partial charge in [0.2, 0.25) is 0 Å². The summed E-state index contributed by atoms with van der Waals surface area (Å²) in [6, 6.07) is 17.2. The Morgan fingerprint density at radius 2 is 1.50 bits per heavy atom. The molecule has 0 unspecified atom stereocenters. The van der Waals surface area contributed by atoms with Crippen molar-refractivity contribution in [2.24, 2.45) is 0 Å². The molecule has 124 valence electrons. The molecule has 0 atom stereocenters. The van der Waals surface area contributed by atoms with E-state index in [1.165, 1.54) is 22.4 Å². The minimum Gasteiger partial charge on any atom is -0.363 e. The molecular weight excluding hydrogens is 292 g/mol. The molecule has 0 saturated carbocycles. The van der Waals surface area contributed by atoms with Crippen LogP contribution in [0, 0.1) is 6.20 Å². The van der Waals surface area contributed by atoms with Crippen LogP contribution >= 0.6 is 0 Å². The highest BCUT2D eigenvalue weighted by Crippen LogP contribution is 2.27. The minimum atomic E-state index is 0.483. The monoisotopic (exact) mass is 318 g/mol. The second-order valence-corrected chi connectivity index (χ2v) is 7.00. The van der Waals surface area contributed by atoms with Crippen molar-refractivity contribution >= 4 is 0 Å². The molecule has 2 nitrogen and oxygen atoms in total. The Labute approximate surface area is 145 Å². The van der Waals surface area contributed by atoms with Gasteiger partial charge in [-0.05, 0) is 17.4 Å². The van der Waals surface area contributed by atoms with Crippen molar-refractivity contribution in [1.82, 2.24) is 4.57 Å². The fourth-order valence-electron chi connectivity index (χ4n) is 3.14. The molecule has 0 aliphatic heterocycles. The van der Waals surface area contributed by atoms with E-state index in [1.54, 1.807) is 0 Å². The van der Waals surface area contributed by atoms with Crippen molar-refractivity contribution in [2.75, 3.05) is 0 Å². The van der Waals surface area contributed by atoms with Gasteiger partial charge in [0.1, 0.15) is 12.9 Å². The van der Waals surface area contributed by atoms with E-state index in [9.17, 15) is 0 Å². The van der Waals surface area contributed by atoms with Crippen LogP contribution in [0.2, 0.25) is 0 Å². The number of rotatable bonds is 5. The summed E-state index contributed by atoms with van der Waals surface area (Å²) in [7, 11) is 0. The number of hydrogen-bond donors (Lipinski definition) is 0. The van der Waals surface area contributed by atoms with Gasteiger partial charge in [-0.15, -0.1) is 0 Å². The molecule has 0 N–H and O–H groups in total. The maximum Gasteiger partial charge on any atom is 0.142 e. The first-order valence-corrected chi connectivity index (χ1v) is 8.72. The first kappa shape index (κ1) is 16.5. The summed E-state index contributed by atoms with van der Waals surface area (Å²) in [6.45, 7) is 9.88. The molecule has 2 aromatic carbocycles. The van der Waals surface area contributed by atoms with Gasteiger partial charge in [0.25, 0.3) is 0 Å². The molecule has 1 heterocycles. The predicted molar refractivity (Wildman–Crippen MR) is 98.5 cm³/mol. The van der Waals surface area contributed by atoms with Gasteiger partial charge in [0, 0.05) is 5.69 Å². The topological polar surface area (TPSA) is 8.81 Å². The molecule has 0 fully saturated rings. The fourth-order valence-corrected chi connectivity index (χ4v) is 3.14. The first-order chi connectivity index (χ1) is 11.6. The largest absolute Gasteiger partial charge is 0.363 e. The van der Waals surface area contributed by atoms with Crippen LogP contribution in [0.15, 0.2) is 61.1 Å². The number of nitrogens with zero attached hydrogens (tertiary/aromatic N) is 2. The first-order valence-electron chi connectivity index (χ1n) is 8.72. The van der Waals surface area contributed by atoms with E-state index in [-0.39, 0.29) is 0 Å². The summed E-state index contributed by atoms with van der Waals surface area (Å²) in [5, 5.41) is 0. The molecule has 0 aliphatic rings. The third-order valence-corrected chi connectivity index (χ3v) is 4.42. The van der Waals surface area contributed by atoms with Crippen LogP contribution in [0.25, 0.3) is 5.69 Å². The Hall–Kier alpha value is -2.35. The van der Waals surface area contributed by atoms with Gasteiger partial charge in [-0.1, -0.05) is 87.4 Å². The summed E-state index contributed by atoms with van der Waals surface area (Å²) in [6.07, 6.45) is 7.60. The van der Waals surface area contributed by atoms with Gasteiger partial charge >= 0.3 is 0 Å². The molecule has 3 rings (SSSR count). The van der Waals surface area contributed by atoms with Gasteiger partial charge < -0.3 is 4.57 Å². The molecular formula is C22H26N2. The third-order valence-electron chi connectivity index (χ3n) is 4.42. The summed E-state index contributed by atoms with van der Waals surface area (Å²) in [4.78, 5) is 0. The van der Waals surface area contributed by atoms with Crippen molar-refractivity contribution in [2.45, 2.75) is 46.1 Å². The molecule has 24 heavy (non-hydrogen) atoms. The standard InChI is InChI=1S/C22H26N2/c1-17(2)20-11-8-12-21(18(3)4)22(20)24-14-13-23(16-24)15-19-9-6-5-7-10-19/h5-13,16-18H,15H2,1-4H3. The van der Waals surface area contributed by atoms with Gasteiger partial charge in [-0.25, -0.2) is 0 Å². The quantitative estimate of drug-likeness (QED) is 0.469. The summed E-state index contributed by atoms with van der Waals surface area (Å²) in [5.74, 6) is 0.967. The molecule has 3 aromatic rings. The van der Waals surface area contributed by atoms with Crippen LogP contribution in [0.5, 0.6) is 0 Å².